The fourth-order valence-corrected chi connectivity index (χ4v) is 3.75. The zero-order valence-corrected chi connectivity index (χ0v) is 16.1. The van der Waals surface area contributed by atoms with Gasteiger partial charge in [-0.25, -0.2) is 8.42 Å². The highest BCUT2D eigenvalue weighted by Gasteiger charge is 2.19. The van der Waals surface area contributed by atoms with Crippen molar-refractivity contribution in [1.29, 1.82) is 0 Å². The number of nitrogens with one attached hydrogen (secondary N) is 2. The van der Waals surface area contributed by atoms with E-state index in [0.717, 1.165) is 19.2 Å². The van der Waals surface area contributed by atoms with Crippen molar-refractivity contribution in [2.45, 2.75) is 23.8 Å². The lowest BCUT2D eigenvalue weighted by Gasteiger charge is -2.27. The Kier molecular flexibility index (Phi) is 6.13. The van der Waals surface area contributed by atoms with E-state index in [4.69, 9.17) is 4.74 Å². The van der Waals surface area contributed by atoms with Crippen LogP contribution in [-0.2, 0) is 21.1 Å². The highest BCUT2D eigenvalue weighted by Crippen LogP contribution is 2.22. The smallest absolute Gasteiger partial charge is 0.223 e. The topological polar surface area (TPSA) is 84.5 Å². The van der Waals surface area contributed by atoms with Crippen LogP contribution in [0.15, 0.2) is 53.4 Å². The second-order valence-corrected chi connectivity index (χ2v) is 8.62. The van der Waals surface area contributed by atoms with E-state index in [1.807, 2.05) is 12.1 Å². The molecule has 1 aliphatic heterocycles. The summed E-state index contributed by atoms with van der Waals surface area (Å²) in [6.45, 7) is 1.68. The summed E-state index contributed by atoms with van der Waals surface area (Å²) in [5, 5.41) is 6.38. The number of carbonyl (C=O) groups is 1. The van der Waals surface area contributed by atoms with Crippen molar-refractivity contribution in [2.24, 2.45) is 0 Å². The number of hydrogen-bond acceptors (Lipinski definition) is 5. The maximum Gasteiger partial charge on any atom is 0.223 e. The first-order valence-corrected chi connectivity index (χ1v) is 10.8. The van der Waals surface area contributed by atoms with Gasteiger partial charge in [0, 0.05) is 18.8 Å². The predicted octanol–water partition coefficient (Wildman–Crippen LogP) is 1.86. The molecular weight excluding hydrogens is 364 g/mol. The first-order valence-electron chi connectivity index (χ1n) is 8.94. The van der Waals surface area contributed by atoms with Crippen LogP contribution in [0.25, 0.3) is 0 Å². The summed E-state index contributed by atoms with van der Waals surface area (Å²) in [7, 11) is -3.22. The molecule has 0 spiro atoms. The first-order chi connectivity index (χ1) is 12.9. The van der Waals surface area contributed by atoms with E-state index in [9.17, 15) is 13.2 Å². The predicted molar refractivity (Wildman–Crippen MR) is 104 cm³/mol. The zero-order valence-electron chi connectivity index (χ0n) is 15.3. The summed E-state index contributed by atoms with van der Waals surface area (Å²) < 4.78 is 28.4. The van der Waals surface area contributed by atoms with E-state index in [0.29, 0.717) is 12.3 Å². The van der Waals surface area contributed by atoms with Crippen LogP contribution in [0.1, 0.15) is 23.6 Å². The van der Waals surface area contributed by atoms with E-state index in [-0.39, 0.29) is 29.9 Å². The van der Waals surface area contributed by atoms with Crippen molar-refractivity contribution in [3.8, 4) is 5.75 Å². The summed E-state index contributed by atoms with van der Waals surface area (Å²) in [5.41, 5.74) is 2.57. The molecule has 0 aliphatic carbocycles. The molecule has 6 nitrogen and oxygen atoms in total. The minimum atomic E-state index is -3.22. The van der Waals surface area contributed by atoms with Crippen molar-refractivity contribution < 1.29 is 17.9 Å². The van der Waals surface area contributed by atoms with Gasteiger partial charge < -0.3 is 15.4 Å². The monoisotopic (exact) mass is 388 g/mol. The van der Waals surface area contributed by atoms with Crippen molar-refractivity contribution in [2.75, 3.05) is 26.0 Å². The third kappa shape index (κ3) is 5.30. The number of amides is 1. The van der Waals surface area contributed by atoms with Crippen LogP contribution in [0, 0.1) is 0 Å². The molecule has 0 aromatic heterocycles. The minimum Gasteiger partial charge on any atom is -0.493 e. The van der Waals surface area contributed by atoms with Crippen molar-refractivity contribution >= 4 is 15.7 Å². The Labute approximate surface area is 159 Å². The van der Waals surface area contributed by atoms with Gasteiger partial charge in [-0.1, -0.05) is 24.3 Å². The summed E-state index contributed by atoms with van der Waals surface area (Å²) in [5.74, 6) is 0.464. The van der Waals surface area contributed by atoms with Gasteiger partial charge in [0.15, 0.2) is 9.84 Å². The Morgan fingerprint density at radius 2 is 1.93 bits per heavy atom. The van der Waals surface area contributed by atoms with E-state index in [1.54, 1.807) is 12.1 Å². The van der Waals surface area contributed by atoms with Crippen LogP contribution < -0.4 is 15.4 Å². The molecule has 1 unspecified atom stereocenters. The van der Waals surface area contributed by atoms with Gasteiger partial charge in [-0.2, -0.15) is 0 Å². The second kappa shape index (κ2) is 8.54. The molecule has 2 aromatic carbocycles. The lowest BCUT2D eigenvalue weighted by atomic mass is 9.94. The Bertz CT molecular complexity index is 894. The van der Waals surface area contributed by atoms with E-state index in [2.05, 4.69) is 22.8 Å². The van der Waals surface area contributed by atoms with Crippen molar-refractivity contribution in [3.63, 3.8) is 0 Å². The molecular formula is C20H24N2O4S. The average molecular weight is 388 g/mol. The zero-order chi connectivity index (χ0) is 19.3. The fraction of sp³-hybridized carbons (Fsp3) is 0.350. The molecule has 27 heavy (non-hydrogen) atoms. The molecule has 144 valence electrons. The molecule has 0 saturated heterocycles. The van der Waals surface area contributed by atoms with Gasteiger partial charge >= 0.3 is 0 Å². The maximum atomic E-state index is 12.1. The number of fused-ring (bicyclic) bond motifs is 1. The fourth-order valence-electron chi connectivity index (χ4n) is 3.12. The third-order valence-corrected chi connectivity index (χ3v) is 5.70. The Morgan fingerprint density at radius 1 is 1.19 bits per heavy atom. The third-order valence-electron chi connectivity index (χ3n) is 4.57. The Morgan fingerprint density at radius 3 is 2.67 bits per heavy atom. The van der Waals surface area contributed by atoms with Crippen molar-refractivity contribution in [1.82, 2.24) is 10.6 Å². The molecule has 7 heteroatoms. The number of rotatable bonds is 7. The van der Waals surface area contributed by atoms with Gasteiger partial charge in [-0.15, -0.1) is 0 Å². The van der Waals surface area contributed by atoms with Gasteiger partial charge in [0.2, 0.25) is 5.91 Å². The van der Waals surface area contributed by atoms with Crippen LogP contribution in [0.2, 0.25) is 0 Å². The van der Waals surface area contributed by atoms with Crippen LogP contribution in [-0.4, -0.2) is 40.3 Å². The van der Waals surface area contributed by atoms with Crippen LogP contribution in [0.5, 0.6) is 5.75 Å². The van der Waals surface area contributed by atoms with Gasteiger partial charge in [0.25, 0.3) is 0 Å². The summed E-state index contributed by atoms with van der Waals surface area (Å²) >= 11 is 0. The Balaban J connectivity index is 1.43. The normalized spacial score (nSPS) is 16.4. The van der Waals surface area contributed by atoms with Gasteiger partial charge in [0.1, 0.15) is 5.75 Å². The summed E-state index contributed by atoms with van der Waals surface area (Å²) in [6, 6.07) is 14.6. The highest BCUT2D eigenvalue weighted by molar-refractivity contribution is 7.90. The second-order valence-electron chi connectivity index (χ2n) is 6.60. The molecule has 2 N–H and O–H groups in total. The molecule has 0 fully saturated rings. The van der Waals surface area contributed by atoms with E-state index < -0.39 is 9.84 Å². The van der Waals surface area contributed by atoms with E-state index >= 15 is 0 Å². The molecule has 1 heterocycles. The largest absolute Gasteiger partial charge is 0.493 e. The lowest BCUT2D eigenvalue weighted by molar-refractivity contribution is -0.121. The van der Waals surface area contributed by atoms with Gasteiger partial charge in [-0.05, 0) is 48.4 Å². The summed E-state index contributed by atoms with van der Waals surface area (Å²) in [6.07, 6.45) is 2.40. The van der Waals surface area contributed by atoms with Crippen LogP contribution >= 0.6 is 0 Å². The number of benzene rings is 2. The van der Waals surface area contributed by atoms with Gasteiger partial charge in [-0.3, -0.25) is 4.79 Å². The minimum absolute atomic E-state index is 0.0763. The number of hydrogen-bond donors (Lipinski definition) is 2. The first kappa shape index (κ1) is 19.4. The van der Waals surface area contributed by atoms with Crippen LogP contribution in [0.3, 0.4) is 0 Å². The number of carbonyl (C=O) groups excluding carboxylic acids is 1. The van der Waals surface area contributed by atoms with Crippen LogP contribution in [0.4, 0.5) is 0 Å². The SMILES string of the molecule is CS(=O)(=O)c1ccc(OCCC(=O)NCC2NCCc3ccccc32)cc1. The molecule has 1 aliphatic rings. The molecule has 1 atom stereocenters. The quantitative estimate of drug-likeness (QED) is 0.756. The standard InChI is InChI=1S/C20H24N2O4S/c1-27(24,25)17-8-6-16(7-9-17)26-13-11-20(23)22-14-19-18-5-3-2-4-15(18)10-12-21-19/h2-9,19,21H,10-14H2,1H3,(H,22,23). The average Bonchev–Trinajstić information content (AvgIpc) is 2.66. The number of sulfone groups is 1. The van der Waals surface area contributed by atoms with Gasteiger partial charge in [0.05, 0.1) is 17.9 Å². The lowest BCUT2D eigenvalue weighted by Crippen LogP contribution is -2.39. The molecule has 1 amide bonds. The molecule has 0 bridgehead atoms. The Hall–Kier alpha value is -2.38. The van der Waals surface area contributed by atoms with E-state index in [1.165, 1.54) is 23.3 Å². The molecule has 0 saturated carbocycles. The van der Waals surface area contributed by atoms with Crippen molar-refractivity contribution in [3.05, 3.63) is 59.7 Å². The maximum absolute atomic E-state index is 12.1. The summed E-state index contributed by atoms with van der Waals surface area (Å²) in [4.78, 5) is 12.3. The molecule has 3 rings (SSSR count). The molecule has 2 aromatic rings. The number of ether oxygens (including phenoxy) is 1. The molecule has 0 radical (unpaired) electrons. The highest BCUT2D eigenvalue weighted by atomic mass is 32.2.